The van der Waals surface area contributed by atoms with Gasteiger partial charge in [-0.3, -0.25) is 14.4 Å². The molecule has 0 aliphatic carbocycles. The highest BCUT2D eigenvalue weighted by atomic mass is 16.5. The fourth-order valence-corrected chi connectivity index (χ4v) is 2.69. The summed E-state index contributed by atoms with van der Waals surface area (Å²) in [6.45, 7) is 3.17. The molecule has 0 radical (unpaired) electrons. The molecule has 2 aromatic carbocycles. The Hall–Kier alpha value is -3.35. The van der Waals surface area contributed by atoms with Crippen molar-refractivity contribution in [1.29, 1.82) is 0 Å². The van der Waals surface area contributed by atoms with Gasteiger partial charge >= 0.3 is 5.97 Å². The maximum Gasteiger partial charge on any atom is 0.325 e. The largest absolute Gasteiger partial charge is 0.496 e. The SMILES string of the molecule is CCc1ccc([C@H](C)NC(=O)COC(=O)CNC(=O)c2ccccc2OC)cc1. The molecular weight excluding hydrogens is 372 g/mol. The van der Waals surface area contributed by atoms with Crippen LogP contribution >= 0.6 is 0 Å². The summed E-state index contributed by atoms with van der Waals surface area (Å²) in [5, 5.41) is 5.22. The van der Waals surface area contributed by atoms with Gasteiger partial charge in [0.1, 0.15) is 12.3 Å². The zero-order valence-electron chi connectivity index (χ0n) is 16.9. The predicted octanol–water partition coefficient (Wildman–Crippen LogP) is 2.41. The van der Waals surface area contributed by atoms with E-state index in [0.29, 0.717) is 11.3 Å². The molecule has 154 valence electrons. The minimum absolute atomic E-state index is 0.211. The fraction of sp³-hybridized carbons (Fsp3) is 0.318. The Morgan fingerprint density at radius 2 is 1.72 bits per heavy atom. The van der Waals surface area contributed by atoms with Crippen molar-refractivity contribution in [3.63, 3.8) is 0 Å². The topological polar surface area (TPSA) is 93.7 Å². The molecule has 2 N–H and O–H groups in total. The van der Waals surface area contributed by atoms with Crippen LogP contribution in [0.5, 0.6) is 5.75 Å². The molecule has 0 spiro atoms. The lowest BCUT2D eigenvalue weighted by Crippen LogP contribution is -2.34. The Morgan fingerprint density at radius 3 is 2.38 bits per heavy atom. The molecule has 0 saturated heterocycles. The highest BCUT2D eigenvalue weighted by molar-refractivity contribution is 5.98. The number of benzene rings is 2. The number of hydrogen-bond acceptors (Lipinski definition) is 5. The molecule has 0 heterocycles. The summed E-state index contributed by atoms with van der Waals surface area (Å²) in [6.07, 6.45) is 0.949. The molecule has 7 nitrogen and oxygen atoms in total. The fourth-order valence-electron chi connectivity index (χ4n) is 2.69. The molecule has 2 amide bonds. The molecule has 0 aromatic heterocycles. The molecule has 0 fully saturated rings. The molecule has 0 bridgehead atoms. The minimum atomic E-state index is -0.705. The van der Waals surface area contributed by atoms with Gasteiger partial charge in [-0.2, -0.15) is 0 Å². The standard InChI is InChI=1S/C22H26N2O5/c1-4-16-9-11-17(12-10-16)15(2)24-20(25)14-29-21(26)13-23-22(27)18-7-5-6-8-19(18)28-3/h5-12,15H,4,13-14H2,1-3H3,(H,23,27)(H,24,25)/t15-/m0/s1. The summed E-state index contributed by atoms with van der Waals surface area (Å²) in [7, 11) is 1.46. The van der Waals surface area contributed by atoms with E-state index in [4.69, 9.17) is 9.47 Å². The van der Waals surface area contributed by atoms with Crippen molar-refractivity contribution in [3.05, 3.63) is 65.2 Å². The molecular formula is C22H26N2O5. The maximum absolute atomic E-state index is 12.1. The Kier molecular flexibility index (Phi) is 8.21. The Bertz CT molecular complexity index is 849. The van der Waals surface area contributed by atoms with Crippen molar-refractivity contribution in [2.45, 2.75) is 26.3 Å². The first-order chi connectivity index (χ1) is 13.9. The van der Waals surface area contributed by atoms with E-state index in [9.17, 15) is 14.4 Å². The van der Waals surface area contributed by atoms with E-state index >= 15 is 0 Å². The summed E-state index contributed by atoms with van der Waals surface area (Å²) in [5.74, 6) is -1.18. The van der Waals surface area contributed by atoms with E-state index in [1.807, 2.05) is 31.2 Å². The van der Waals surface area contributed by atoms with E-state index in [0.717, 1.165) is 12.0 Å². The van der Waals surface area contributed by atoms with Crippen LogP contribution in [0.4, 0.5) is 0 Å². The normalized spacial score (nSPS) is 11.3. The van der Waals surface area contributed by atoms with Gasteiger partial charge in [-0.15, -0.1) is 0 Å². The van der Waals surface area contributed by atoms with Gasteiger partial charge in [-0.25, -0.2) is 0 Å². The molecule has 0 aliphatic rings. The number of hydrogen-bond donors (Lipinski definition) is 2. The van der Waals surface area contributed by atoms with Crippen molar-refractivity contribution < 1.29 is 23.9 Å². The average Bonchev–Trinajstić information content (AvgIpc) is 2.75. The second kappa shape index (κ2) is 10.8. The first kappa shape index (κ1) is 21.9. The summed E-state index contributed by atoms with van der Waals surface area (Å²) < 4.78 is 10.0. The van der Waals surface area contributed by atoms with E-state index in [2.05, 4.69) is 17.6 Å². The van der Waals surface area contributed by atoms with E-state index in [-0.39, 0.29) is 12.6 Å². The summed E-state index contributed by atoms with van der Waals surface area (Å²) in [5.41, 5.74) is 2.49. The van der Waals surface area contributed by atoms with E-state index < -0.39 is 24.4 Å². The Labute approximate surface area is 170 Å². The van der Waals surface area contributed by atoms with E-state index in [1.165, 1.54) is 12.7 Å². The van der Waals surface area contributed by atoms with Gasteiger partial charge in [0.05, 0.1) is 18.7 Å². The first-order valence-corrected chi connectivity index (χ1v) is 9.39. The van der Waals surface area contributed by atoms with Crippen molar-refractivity contribution in [1.82, 2.24) is 10.6 Å². The monoisotopic (exact) mass is 398 g/mol. The molecule has 2 rings (SSSR count). The van der Waals surface area contributed by atoms with E-state index in [1.54, 1.807) is 24.3 Å². The number of amides is 2. The van der Waals surface area contributed by atoms with Gasteiger partial charge in [0.25, 0.3) is 11.8 Å². The van der Waals surface area contributed by atoms with Crippen molar-refractivity contribution in [3.8, 4) is 5.75 Å². The number of esters is 1. The number of nitrogens with one attached hydrogen (secondary N) is 2. The van der Waals surface area contributed by atoms with Crippen LogP contribution in [0.2, 0.25) is 0 Å². The third-order valence-corrected chi connectivity index (χ3v) is 4.37. The average molecular weight is 398 g/mol. The van der Waals surface area contributed by atoms with Gasteiger partial charge in [0.15, 0.2) is 6.61 Å². The summed E-state index contributed by atoms with van der Waals surface area (Å²) in [4.78, 5) is 36.0. The smallest absolute Gasteiger partial charge is 0.325 e. The Balaban J connectivity index is 1.75. The van der Waals surface area contributed by atoms with Crippen LogP contribution < -0.4 is 15.4 Å². The van der Waals surface area contributed by atoms with Crippen LogP contribution in [-0.4, -0.2) is 38.0 Å². The number of carbonyl (C=O) groups is 3. The van der Waals surface area contributed by atoms with Crippen LogP contribution in [0.15, 0.2) is 48.5 Å². The third kappa shape index (κ3) is 6.64. The van der Waals surface area contributed by atoms with Crippen molar-refractivity contribution in [2.75, 3.05) is 20.3 Å². The van der Waals surface area contributed by atoms with Crippen LogP contribution in [-0.2, 0) is 20.7 Å². The lowest BCUT2D eigenvalue weighted by molar-refractivity contribution is -0.147. The number of para-hydroxylation sites is 1. The quantitative estimate of drug-likeness (QED) is 0.633. The van der Waals surface area contributed by atoms with Gasteiger partial charge < -0.3 is 20.1 Å². The van der Waals surface area contributed by atoms with Gasteiger partial charge in [-0.05, 0) is 36.6 Å². The van der Waals surface area contributed by atoms with Gasteiger partial charge in [-0.1, -0.05) is 43.3 Å². The third-order valence-electron chi connectivity index (χ3n) is 4.37. The van der Waals surface area contributed by atoms with Gasteiger partial charge in [0.2, 0.25) is 0 Å². The van der Waals surface area contributed by atoms with Crippen molar-refractivity contribution in [2.24, 2.45) is 0 Å². The number of ether oxygens (including phenoxy) is 2. The second-order valence-electron chi connectivity index (χ2n) is 6.43. The number of methoxy groups -OCH3 is 1. The summed E-state index contributed by atoms with van der Waals surface area (Å²) in [6, 6.07) is 14.4. The lowest BCUT2D eigenvalue weighted by atomic mass is 10.1. The molecule has 1 atom stereocenters. The lowest BCUT2D eigenvalue weighted by Gasteiger charge is -2.15. The molecule has 29 heavy (non-hydrogen) atoms. The second-order valence-corrected chi connectivity index (χ2v) is 6.43. The van der Waals surface area contributed by atoms with Crippen LogP contribution in [0.1, 0.15) is 41.4 Å². The predicted molar refractivity (Wildman–Crippen MR) is 109 cm³/mol. The molecule has 7 heteroatoms. The minimum Gasteiger partial charge on any atom is -0.496 e. The molecule has 0 saturated carbocycles. The number of carbonyl (C=O) groups excluding carboxylic acids is 3. The van der Waals surface area contributed by atoms with Gasteiger partial charge in [0, 0.05) is 0 Å². The van der Waals surface area contributed by atoms with Crippen molar-refractivity contribution >= 4 is 17.8 Å². The van der Waals surface area contributed by atoms with Crippen LogP contribution in [0.25, 0.3) is 0 Å². The summed E-state index contributed by atoms with van der Waals surface area (Å²) >= 11 is 0. The molecule has 2 aromatic rings. The zero-order chi connectivity index (χ0) is 21.2. The zero-order valence-corrected chi connectivity index (χ0v) is 16.9. The molecule has 0 aliphatic heterocycles. The number of rotatable bonds is 9. The highest BCUT2D eigenvalue weighted by Crippen LogP contribution is 2.16. The maximum atomic E-state index is 12.1. The van der Waals surface area contributed by atoms with Crippen LogP contribution in [0.3, 0.4) is 0 Å². The van der Waals surface area contributed by atoms with Crippen LogP contribution in [0, 0.1) is 0 Å². The molecule has 0 unspecified atom stereocenters. The Morgan fingerprint density at radius 1 is 1.03 bits per heavy atom. The number of aryl methyl sites for hydroxylation is 1. The highest BCUT2D eigenvalue weighted by Gasteiger charge is 2.15. The first-order valence-electron chi connectivity index (χ1n) is 9.39.